The van der Waals surface area contributed by atoms with Crippen molar-refractivity contribution < 1.29 is 4.79 Å². The first-order valence-corrected chi connectivity index (χ1v) is 7.88. The number of rotatable bonds is 5. The number of hydrogen-bond acceptors (Lipinski definition) is 2. The predicted molar refractivity (Wildman–Crippen MR) is 86.5 cm³/mol. The van der Waals surface area contributed by atoms with Crippen LogP contribution in [0.25, 0.3) is 10.9 Å². The average Bonchev–Trinajstić information content (AvgIpc) is 3.09. The first-order chi connectivity index (χ1) is 10.3. The van der Waals surface area contributed by atoms with Gasteiger partial charge in [0.2, 0.25) is 5.91 Å². The van der Waals surface area contributed by atoms with Crippen molar-refractivity contribution in [2.75, 3.05) is 11.9 Å². The molecule has 1 aromatic heterocycles. The van der Waals surface area contributed by atoms with Gasteiger partial charge >= 0.3 is 0 Å². The fourth-order valence-corrected chi connectivity index (χ4v) is 3.06. The Morgan fingerprint density at radius 2 is 2.33 bits per heavy atom. The van der Waals surface area contributed by atoms with Gasteiger partial charge in [-0.2, -0.15) is 0 Å². The Kier molecular flexibility index (Phi) is 4.25. The SMILES string of the molecule is CCCn1ccc2ccc(NC(=O)CC3CCCN3)cc21. The zero-order valence-electron chi connectivity index (χ0n) is 12.6. The van der Waals surface area contributed by atoms with Crippen molar-refractivity contribution in [1.29, 1.82) is 0 Å². The Morgan fingerprint density at radius 3 is 3.10 bits per heavy atom. The summed E-state index contributed by atoms with van der Waals surface area (Å²) in [6.07, 6.45) is 6.06. The van der Waals surface area contributed by atoms with Crippen LogP contribution in [0.2, 0.25) is 0 Å². The number of hydrogen-bond donors (Lipinski definition) is 2. The van der Waals surface area contributed by atoms with Crippen LogP contribution in [-0.2, 0) is 11.3 Å². The molecule has 2 heterocycles. The van der Waals surface area contributed by atoms with Gasteiger partial charge in [-0.15, -0.1) is 0 Å². The second-order valence-corrected chi connectivity index (χ2v) is 5.83. The Morgan fingerprint density at radius 1 is 1.43 bits per heavy atom. The van der Waals surface area contributed by atoms with Gasteiger partial charge in [0, 0.05) is 30.9 Å². The highest BCUT2D eigenvalue weighted by atomic mass is 16.1. The zero-order chi connectivity index (χ0) is 14.7. The van der Waals surface area contributed by atoms with Crippen molar-refractivity contribution in [2.24, 2.45) is 0 Å². The number of aromatic nitrogens is 1. The molecule has 2 aromatic rings. The summed E-state index contributed by atoms with van der Waals surface area (Å²) < 4.78 is 2.24. The summed E-state index contributed by atoms with van der Waals surface area (Å²) in [5.74, 6) is 0.0994. The monoisotopic (exact) mass is 285 g/mol. The van der Waals surface area contributed by atoms with Crippen molar-refractivity contribution in [3.63, 3.8) is 0 Å². The zero-order valence-corrected chi connectivity index (χ0v) is 12.6. The van der Waals surface area contributed by atoms with Crippen LogP contribution in [0.1, 0.15) is 32.6 Å². The van der Waals surface area contributed by atoms with Gasteiger partial charge in [0.1, 0.15) is 0 Å². The Balaban J connectivity index is 1.71. The highest BCUT2D eigenvalue weighted by Crippen LogP contribution is 2.21. The first kappa shape index (κ1) is 14.1. The first-order valence-electron chi connectivity index (χ1n) is 7.88. The number of carbonyl (C=O) groups is 1. The van der Waals surface area contributed by atoms with E-state index in [4.69, 9.17) is 0 Å². The van der Waals surface area contributed by atoms with Crippen molar-refractivity contribution in [2.45, 2.75) is 45.2 Å². The maximum absolute atomic E-state index is 12.1. The molecule has 2 N–H and O–H groups in total. The molecule has 4 heteroatoms. The number of carbonyl (C=O) groups excluding carboxylic acids is 1. The van der Waals surface area contributed by atoms with Gasteiger partial charge in [0.15, 0.2) is 0 Å². The number of nitrogens with zero attached hydrogens (tertiary/aromatic N) is 1. The van der Waals surface area contributed by atoms with E-state index in [0.29, 0.717) is 12.5 Å². The minimum Gasteiger partial charge on any atom is -0.347 e. The van der Waals surface area contributed by atoms with Gasteiger partial charge in [0.25, 0.3) is 0 Å². The predicted octanol–water partition coefficient (Wildman–Crippen LogP) is 3.13. The van der Waals surface area contributed by atoms with E-state index in [1.807, 2.05) is 6.07 Å². The van der Waals surface area contributed by atoms with Crippen LogP contribution in [0.15, 0.2) is 30.5 Å². The molecule has 0 saturated carbocycles. The number of benzene rings is 1. The third-order valence-corrected chi connectivity index (χ3v) is 4.12. The normalized spacial score (nSPS) is 18.2. The maximum Gasteiger partial charge on any atom is 0.225 e. The molecule has 0 radical (unpaired) electrons. The van der Waals surface area contributed by atoms with Crippen molar-refractivity contribution in [3.8, 4) is 0 Å². The Hall–Kier alpha value is -1.81. The van der Waals surface area contributed by atoms with Crippen molar-refractivity contribution in [3.05, 3.63) is 30.5 Å². The molecule has 0 spiro atoms. The summed E-state index contributed by atoms with van der Waals surface area (Å²) in [7, 11) is 0. The maximum atomic E-state index is 12.1. The minimum absolute atomic E-state index is 0.0994. The van der Waals surface area contributed by atoms with E-state index < -0.39 is 0 Å². The fraction of sp³-hybridized carbons (Fsp3) is 0.471. The smallest absolute Gasteiger partial charge is 0.225 e. The molecule has 3 rings (SSSR count). The average molecular weight is 285 g/mol. The topological polar surface area (TPSA) is 46.1 Å². The number of nitrogens with one attached hydrogen (secondary N) is 2. The molecule has 1 unspecified atom stereocenters. The molecule has 0 bridgehead atoms. The summed E-state index contributed by atoms with van der Waals surface area (Å²) in [6, 6.07) is 8.60. The van der Waals surface area contributed by atoms with Gasteiger partial charge in [-0.3, -0.25) is 4.79 Å². The van der Waals surface area contributed by atoms with E-state index in [2.05, 4.69) is 46.5 Å². The van der Waals surface area contributed by atoms with E-state index in [-0.39, 0.29) is 5.91 Å². The number of amides is 1. The summed E-state index contributed by atoms with van der Waals surface area (Å²) >= 11 is 0. The number of fused-ring (bicyclic) bond motifs is 1. The highest BCUT2D eigenvalue weighted by molar-refractivity contribution is 5.94. The van der Waals surface area contributed by atoms with Crippen LogP contribution in [-0.4, -0.2) is 23.1 Å². The lowest BCUT2D eigenvalue weighted by atomic mass is 10.1. The molecule has 1 aromatic carbocycles. The van der Waals surface area contributed by atoms with Crippen molar-refractivity contribution >= 4 is 22.5 Å². The van der Waals surface area contributed by atoms with E-state index in [1.54, 1.807) is 0 Å². The van der Waals surface area contributed by atoms with Gasteiger partial charge in [-0.05, 0) is 49.4 Å². The van der Waals surface area contributed by atoms with Crippen LogP contribution in [0, 0.1) is 0 Å². The third-order valence-electron chi connectivity index (χ3n) is 4.12. The quantitative estimate of drug-likeness (QED) is 0.886. The standard InChI is InChI=1S/C17H23N3O/c1-2-9-20-10-7-13-5-6-15(11-16(13)20)19-17(21)12-14-4-3-8-18-14/h5-7,10-11,14,18H,2-4,8-9,12H2,1H3,(H,19,21). The van der Waals surface area contributed by atoms with Crippen LogP contribution < -0.4 is 10.6 Å². The van der Waals surface area contributed by atoms with Crippen molar-refractivity contribution in [1.82, 2.24) is 9.88 Å². The van der Waals surface area contributed by atoms with E-state index in [0.717, 1.165) is 31.6 Å². The molecule has 1 fully saturated rings. The van der Waals surface area contributed by atoms with Gasteiger partial charge in [0.05, 0.1) is 5.52 Å². The van der Waals surface area contributed by atoms with E-state index in [9.17, 15) is 4.79 Å². The lowest BCUT2D eigenvalue weighted by Gasteiger charge is -2.11. The summed E-state index contributed by atoms with van der Waals surface area (Å²) in [6.45, 7) is 4.22. The molecule has 1 aliphatic rings. The van der Waals surface area contributed by atoms with E-state index in [1.165, 1.54) is 17.3 Å². The summed E-state index contributed by atoms with van der Waals surface area (Å²) in [5.41, 5.74) is 2.08. The van der Waals surface area contributed by atoms with Gasteiger partial charge in [-0.1, -0.05) is 13.0 Å². The van der Waals surface area contributed by atoms with Crippen LogP contribution in [0.3, 0.4) is 0 Å². The number of aryl methyl sites for hydroxylation is 1. The lowest BCUT2D eigenvalue weighted by molar-refractivity contribution is -0.116. The van der Waals surface area contributed by atoms with Gasteiger partial charge in [-0.25, -0.2) is 0 Å². The van der Waals surface area contributed by atoms with E-state index >= 15 is 0 Å². The highest BCUT2D eigenvalue weighted by Gasteiger charge is 2.17. The fourth-order valence-electron chi connectivity index (χ4n) is 3.06. The van der Waals surface area contributed by atoms with Crippen LogP contribution in [0.5, 0.6) is 0 Å². The molecule has 21 heavy (non-hydrogen) atoms. The van der Waals surface area contributed by atoms with Crippen LogP contribution >= 0.6 is 0 Å². The largest absolute Gasteiger partial charge is 0.347 e. The molecule has 0 aliphatic carbocycles. The molecule has 1 atom stereocenters. The summed E-state index contributed by atoms with van der Waals surface area (Å²) in [4.78, 5) is 12.1. The molecule has 1 saturated heterocycles. The molecule has 1 amide bonds. The third kappa shape index (κ3) is 3.27. The van der Waals surface area contributed by atoms with Gasteiger partial charge < -0.3 is 15.2 Å². The second kappa shape index (κ2) is 6.31. The Labute approximate surface area is 125 Å². The molecule has 4 nitrogen and oxygen atoms in total. The molecule has 1 aliphatic heterocycles. The second-order valence-electron chi connectivity index (χ2n) is 5.83. The minimum atomic E-state index is 0.0994. The molecular weight excluding hydrogens is 262 g/mol. The number of anilines is 1. The summed E-state index contributed by atoms with van der Waals surface area (Å²) in [5, 5.41) is 7.61. The Bertz CT molecular complexity index is 626. The lowest BCUT2D eigenvalue weighted by Crippen LogP contribution is -2.27. The van der Waals surface area contributed by atoms with Crippen LogP contribution in [0.4, 0.5) is 5.69 Å². The molecular formula is C17H23N3O. The molecule has 112 valence electrons.